The van der Waals surface area contributed by atoms with Gasteiger partial charge in [-0.2, -0.15) is 0 Å². The van der Waals surface area contributed by atoms with Gasteiger partial charge in [-0.25, -0.2) is 0 Å². The van der Waals surface area contributed by atoms with Crippen molar-refractivity contribution in [3.05, 3.63) is 48.0 Å². The number of aliphatic hydroxyl groups excluding tert-OH is 1. The first kappa shape index (κ1) is 15.1. The van der Waals surface area contributed by atoms with Crippen LogP contribution in [0, 0.1) is 0 Å². The third kappa shape index (κ3) is 2.62. The van der Waals surface area contributed by atoms with E-state index < -0.39 is 0 Å². The van der Waals surface area contributed by atoms with Crippen molar-refractivity contribution >= 4 is 21.8 Å². The van der Waals surface area contributed by atoms with Gasteiger partial charge in [0.2, 0.25) is 0 Å². The normalized spacial score (nSPS) is 13.0. The van der Waals surface area contributed by atoms with Crippen LogP contribution < -0.4 is 5.32 Å². The third-order valence-electron chi connectivity index (χ3n) is 4.46. The highest BCUT2D eigenvalue weighted by Gasteiger charge is 2.10. The highest BCUT2D eigenvalue weighted by Crippen LogP contribution is 2.29. The monoisotopic (exact) mass is 296 g/mol. The second kappa shape index (κ2) is 6.51. The van der Waals surface area contributed by atoms with Crippen molar-refractivity contribution in [1.82, 2.24) is 9.88 Å². The molecule has 0 spiro atoms. The second-order valence-corrected chi connectivity index (χ2v) is 5.78. The molecule has 0 bridgehead atoms. The van der Waals surface area contributed by atoms with Gasteiger partial charge in [0.15, 0.2) is 0 Å². The standard InChI is InChI=1S/C19H24N2O/c1-3-15(13-22)20-12-14-9-10-19-17(11-14)16-7-5-6-8-18(16)21(19)4-2/h5-11,15,20,22H,3-4,12-13H2,1-2H3/t15-/m1/s1. The molecular formula is C19H24N2O. The van der Waals surface area contributed by atoms with Gasteiger partial charge < -0.3 is 15.0 Å². The molecule has 22 heavy (non-hydrogen) atoms. The molecule has 0 amide bonds. The van der Waals surface area contributed by atoms with Crippen LogP contribution in [0.15, 0.2) is 42.5 Å². The Hall–Kier alpha value is -1.84. The predicted octanol–water partition coefficient (Wildman–Crippen LogP) is 3.67. The van der Waals surface area contributed by atoms with Crippen molar-refractivity contribution in [2.45, 2.75) is 39.4 Å². The lowest BCUT2D eigenvalue weighted by Gasteiger charge is -2.14. The number of rotatable bonds is 6. The van der Waals surface area contributed by atoms with Gasteiger partial charge in [0, 0.05) is 40.9 Å². The Balaban J connectivity index is 2.01. The van der Waals surface area contributed by atoms with Crippen LogP contribution in [0.5, 0.6) is 0 Å². The van der Waals surface area contributed by atoms with E-state index in [-0.39, 0.29) is 12.6 Å². The lowest BCUT2D eigenvalue weighted by molar-refractivity contribution is 0.238. The van der Waals surface area contributed by atoms with E-state index in [4.69, 9.17) is 0 Å². The molecule has 0 aliphatic heterocycles. The summed E-state index contributed by atoms with van der Waals surface area (Å²) in [6, 6.07) is 15.4. The number of hydrogen-bond acceptors (Lipinski definition) is 2. The fourth-order valence-corrected chi connectivity index (χ4v) is 3.15. The molecule has 0 saturated heterocycles. The Morgan fingerprint density at radius 2 is 1.82 bits per heavy atom. The van der Waals surface area contributed by atoms with Crippen molar-refractivity contribution in [2.75, 3.05) is 6.61 Å². The summed E-state index contributed by atoms with van der Waals surface area (Å²) in [6.07, 6.45) is 0.938. The highest BCUT2D eigenvalue weighted by atomic mass is 16.3. The molecule has 2 aromatic carbocycles. The number of para-hydroxylation sites is 1. The maximum absolute atomic E-state index is 9.29. The summed E-state index contributed by atoms with van der Waals surface area (Å²) >= 11 is 0. The molecule has 0 aliphatic rings. The molecule has 1 aromatic heterocycles. The number of aromatic nitrogens is 1. The van der Waals surface area contributed by atoms with E-state index in [2.05, 4.69) is 66.2 Å². The fraction of sp³-hybridized carbons (Fsp3) is 0.368. The van der Waals surface area contributed by atoms with Gasteiger partial charge in [0.25, 0.3) is 0 Å². The first-order valence-electron chi connectivity index (χ1n) is 8.12. The van der Waals surface area contributed by atoms with Crippen LogP contribution in [0.2, 0.25) is 0 Å². The number of benzene rings is 2. The molecule has 3 aromatic rings. The van der Waals surface area contributed by atoms with Crippen molar-refractivity contribution < 1.29 is 5.11 Å². The Morgan fingerprint density at radius 3 is 2.55 bits per heavy atom. The summed E-state index contributed by atoms with van der Waals surface area (Å²) in [5.74, 6) is 0. The van der Waals surface area contributed by atoms with Gasteiger partial charge in [0.05, 0.1) is 6.61 Å². The smallest absolute Gasteiger partial charge is 0.0584 e. The van der Waals surface area contributed by atoms with Crippen LogP contribution in [0.1, 0.15) is 25.8 Å². The van der Waals surface area contributed by atoms with E-state index in [1.54, 1.807) is 0 Å². The van der Waals surface area contributed by atoms with E-state index in [0.29, 0.717) is 0 Å². The van der Waals surface area contributed by atoms with E-state index in [0.717, 1.165) is 19.5 Å². The van der Waals surface area contributed by atoms with Crippen LogP contribution in [-0.2, 0) is 13.1 Å². The summed E-state index contributed by atoms with van der Waals surface area (Å²) in [6.45, 7) is 6.24. The van der Waals surface area contributed by atoms with Crippen LogP contribution in [0.4, 0.5) is 0 Å². The summed E-state index contributed by atoms with van der Waals surface area (Å²) < 4.78 is 2.37. The number of nitrogens with one attached hydrogen (secondary N) is 1. The topological polar surface area (TPSA) is 37.2 Å². The van der Waals surface area contributed by atoms with Crippen molar-refractivity contribution in [3.63, 3.8) is 0 Å². The molecule has 1 atom stereocenters. The Morgan fingerprint density at radius 1 is 1.05 bits per heavy atom. The number of aryl methyl sites for hydroxylation is 1. The Bertz CT molecular complexity index is 772. The molecular weight excluding hydrogens is 272 g/mol. The first-order valence-corrected chi connectivity index (χ1v) is 8.12. The quantitative estimate of drug-likeness (QED) is 0.728. The molecule has 3 rings (SSSR count). The SMILES string of the molecule is CC[C@H](CO)NCc1ccc2c(c1)c1ccccc1n2CC. The zero-order valence-corrected chi connectivity index (χ0v) is 13.3. The van der Waals surface area contributed by atoms with E-state index in [9.17, 15) is 5.11 Å². The Labute approximate surface area is 131 Å². The average molecular weight is 296 g/mol. The number of fused-ring (bicyclic) bond motifs is 3. The van der Waals surface area contributed by atoms with Crippen molar-refractivity contribution in [1.29, 1.82) is 0 Å². The van der Waals surface area contributed by atoms with Crippen molar-refractivity contribution in [2.24, 2.45) is 0 Å². The van der Waals surface area contributed by atoms with Crippen molar-refractivity contribution in [3.8, 4) is 0 Å². The third-order valence-corrected chi connectivity index (χ3v) is 4.46. The lowest BCUT2D eigenvalue weighted by atomic mass is 10.1. The minimum absolute atomic E-state index is 0.174. The largest absolute Gasteiger partial charge is 0.395 e. The molecule has 0 unspecified atom stereocenters. The summed E-state index contributed by atoms with van der Waals surface area (Å²) in [5.41, 5.74) is 3.85. The maximum atomic E-state index is 9.29. The van der Waals surface area contributed by atoms with Gasteiger partial charge in [-0.3, -0.25) is 0 Å². The van der Waals surface area contributed by atoms with Gasteiger partial charge in [0.1, 0.15) is 0 Å². The molecule has 3 nitrogen and oxygen atoms in total. The molecule has 1 heterocycles. The summed E-state index contributed by atoms with van der Waals surface area (Å²) in [7, 11) is 0. The molecule has 2 N–H and O–H groups in total. The minimum Gasteiger partial charge on any atom is -0.395 e. The zero-order chi connectivity index (χ0) is 15.5. The van der Waals surface area contributed by atoms with Crippen LogP contribution in [-0.4, -0.2) is 22.3 Å². The fourth-order valence-electron chi connectivity index (χ4n) is 3.15. The average Bonchev–Trinajstić information content (AvgIpc) is 2.89. The summed E-state index contributed by atoms with van der Waals surface area (Å²) in [4.78, 5) is 0. The van der Waals surface area contributed by atoms with E-state index >= 15 is 0 Å². The Kier molecular flexibility index (Phi) is 4.46. The lowest BCUT2D eigenvalue weighted by Crippen LogP contribution is -2.31. The van der Waals surface area contributed by atoms with Gasteiger partial charge in [-0.1, -0.05) is 31.2 Å². The number of hydrogen-bond donors (Lipinski definition) is 2. The molecule has 3 heteroatoms. The maximum Gasteiger partial charge on any atom is 0.0584 e. The second-order valence-electron chi connectivity index (χ2n) is 5.78. The van der Waals surface area contributed by atoms with E-state index in [1.165, 1.54) is 27.4 Å². The summed E-state index contributed by atoms with van der Waals surface area (Å²) in [5, 5.41) is 15.3. The first-order chi connectivity index (χ1) is 10.8. The molecule has 0 aliphatic carbocycles. The van der Waals surface area contributed by atoms with Gasteiger partial charge in [-0.05, 0) is 37.1 Å². The van der Waals surface area contributed by atoms with E-state index in [1.807, 2.05) is 0 Å². The van der Waals surface area contributed by atoms with Gasteiger partial charge in [-0.15, -0.1) is 0 Å². The molecule has 116 valence electrons. The predicted molar refractivity (Wildman–Crippen MR) is 93.1 cm³/mol. The highest BCUT2D eigenvalue weighted by molar-refractivity contribution is 6.08. The number of nitrogens with zero attached hydrogens (tertiary/aromatic N) is 1. The zero-order valence-electron chi connectivity index (χ0n) is 13.3. The number of aliphatic hydroxyl groups is 1. The molecule has 0 radical (unpaired) electrons. The van der Waals surface area contributed by atoms with Crippen LogP contribution >= 0.6 is 0 Å². The van der Waals surface area contributed by atoms with Crippen LogP contribution in [0.3, 0.4) is 0 Å². The minimum atomic E-state index is 0.174. The van der Waals surface area contributed by atoms with Gasteiger partial charge >= 0.3 is 0 Å². The molecule has 0 saturated carbocycles. The molecule has 0 fully saturated rings. The van der Waals surface area contributed by atoms with Crippen LogP contribution in [0.25, 0.3) is 21.8 Å².